The van der Waals surface area contributed by atoms with E-state index in [1.165, 1.54) is 24.8 Å². The molecule has 120 valence electrons. The van der Waals surface area contributed by atoms with E-state index in [4.69, 9.17) is 16.7 Å². The Morgan fingerprint density at radius 3 is 2.64 bits per heavy atom. The van der Waals surface area contributed by atoms with E-state index >= 15 is 0 Å². The summed E-state index contributed by atoms with van der Waals surface area (Å²) in [6.07, 6.45) is 5.96. The van der Waals surface area contributed by atoms with Crippen LogP contribution in [0.1, 0.15) is 45.6 Å². The first kappa shape index (κ1) is 16.9. The number of allylic oxidation sites excluding steroid dienone is 1. The molecular weight excluding hydrogens is 294 g/mol. The number of benzene rings is 1. The molecule has 1 saturated heterocycles. The molecule has 22 heavy (non-hydrogen) atoms. The Bertz CT molecular complexity index is 553. The third-order valence-electron chi connectivity index (χ3n) is 3.80. The Hall–Kier alpha value is -1.48. The summed E-state index contributed by atoms with van der Waals surface area (Å²) in [6.45, 7) is 9.19. The van der Waals surface area contributed by atoms with Crippen LogP contribution in [0.2, 0.25) is 5.02 Å². The zero-order chi connectivity index (χ0) is 15.9. The summed E-state index contributed by atoms with van der Waals surface area (Å²) in [6, 6.07) is 5.95. The highest BCUT2D eigenvalue weighted by molar-refractivity contribution is 6.31. The minimum Gasteiger partial charge on any atom is -0.381 e. The number of rotatable bonds is 5. The molecule has 1 N–H and O–H groups in total. The van der Waals surface area contributed by atoms with Crippen molar-refractivity contribution in [1.29, 1.82) is 0 Å². The van der Waals surface area contributed by atoms with E-state index in [9.17, 15) is 0 Å². The molecule has 0 atom stereocenters. The Kier molecular flexibility index (Phi) is 6.32. The second-order valence-corrected chi connectivity index (χ2v) is 6.49. The number of hydrazone groups is 1. The second kappa shape index (κ2) is 8.23. The molecule has 1 aromatic rings. The van der Waals surface area contributed by atoms with Crippen molar-refractivity contribution in [3.8, 4) is 0 Å². The SMILES string of the molecule is CC(C)=CCNc1ccc(Cl)cc1/C(C)=N/N1CCCCC1. The van der Waals surface area contributed by atoms with Crippen LogP contribution in [0.25, 0.3) is 0 Å². The summed E-state index contributed by atoms with van der Waals surface area (Å²) in [5.74, 6) is 0. The van der Waals surface area contributed by atoms with E-state index in [-0.39, 0.29) is 0 Å². The predicted molar refractivity (Wildman–Crippen MR) is 97.0 cm³/mol. The van der Waals surface area contributed by atoms with Gasteiger partial charge in [0.05, 0.1) is 5.71 Å². The van der Waals surface area contributed by atoms with E-state index in [2.05, 4.69) is 37.2 Å². The van der Waals surface area contributed by atoms with Gasteiger partial charge in [-0.25, -0.2) is 0 Å². The van der Waals surface area contributed by atoms with Gasteiger partial charge in [0.1, 0.15) is 0 Å². The summed E-state index contributed by atoms with van der Waals surface area (Å²) >= 11 is 6.18. The van der Waals surface area contributed by atoms with Gasteiger partial charge in [-0.3, -0.25) is 5.01 Å². The molecule has 0 saturated carbocycles. The fraction of sp³-hybridized carbons (Fsp3) is 0.500. The van der Waals surface area contributed by atoms with Gasteiger partial charge in [0.25, 0.3) is 0 Å². The molecule has 0 spiro atoms. The molecule has 1 fully saturated rings. The average Bonchev–Trinajstić information content (AvgIpc) is 2.49. The molecule has 0 aromatic heterocycles. The maximum atomic E-state index is 6.18. The molecule has 1 aliphatic rings. The maximum Gasteiger partial charge on any atom is 0.0667 e. The van der Waals surface area contributed by atoms with E-state index < -0.39 is 0 Å². The zero-order valence-electron chi connectivity index (χ0n) is 13.8. The van der Waals surface area contributed by atoms with E-state index in [0.29, 0.717) is 0 Å². The normalized spacial score (nSPS) is 15.6. The predicted octanol–water partition coefficient (Wildman–Crippen LogP) is 4.93. The van der Waals surface area contributed by atoms with Crippen LogP contribution < -0.4 is 5.32 Å². The first-order valence-corrected chi connectivity index (χ1v) is 8.41. The Balaban J connectivity index is 2.18. The van der Waals surface area contributed by atoms with Gasteiger partial charge in [0.2, 0.25) is 0 Å². The minimum absolute atomic E-state index is 0.746. The number of nitrogens with one attached hydrogen (secondary N) is 1. The van der Waals surface area contributed by atoms with Crippen LogP contribution in [0.15, 0.2) is 34.9 Å². The number of hydrogen-bond acceptors (Lipinski definition) is 3. The van der Waals surface area contributed by atoms with Gasteiger partial charge >= 0.3 is 0 Å². The molecule has 3 nitrogen and oxygen atoms in total. The van der Waals surface area contributed by atoms with Gasteiger partial charge in [-0.1, -0.05) is 23.3 Å². The van der Waals surface area contributed by atoms with Crippen molar-refractivity contribution in [2.45, 2.75) is 40.0 Å². The molecule has 1 aliphatic heterocycles. The molecule has 1 aromatic carbocycles. The van der Waals surface area contributed by atoms with Gasteiger partial charge < -0.3 is 5.32 Å². The lowest BCUT2D eigenvalue weighted by Gasteiger charge is -2.24. The Morgan fingerprint density at radius 1 is 1.23 bits per heavy atom. The number of halogens is 1. The van der Waals surface area contributed by atoms with Crippen LogP contribution in [-0.2, 0) is 0 Å². The highest BCUT2D eigenvalue weighted by Gasteiger charge is 2.11. The largest absolute Gasteiger partial charge is 0.381 e. The van der Waals surface area contributed by atoms with Gasteiger partial charge in [-0.2, -0.15) is 5.10 Å². The third-order valence-corrected chi connectivity index (χ3v) is 4.03. The van der Waals surface area contributed by atoms with Crippen molar-refractivity contribution in [2.24, 2.45) is 5.10 Å². The van der Waals surface area contributed by atoms with Crippen molar-refractivity contribution in [3.63, 3.8) is 0 Å². The molecule has 0 amide bonds. The fourth-order valence-corrected chi connectivity index (χ4v) is 2.75. The lowest BCUT2D eigenvalue weighted by molar-refractivity contribution is 0.239. The average molecular weight is 320 g/mol. The monoisotopic (exact) mass is 319 g/mol. The standard InChI is InChI=1S/C18H26ClN3/c1-14(2)9-10-20-18-8-7-16(19)13-17(18)15(3)21-22-11-5-4-6-12-22/h7-9,13,20H,4-6,10-12H2,1-3H3/b21-15+. The number of nitrogens with zero attached hydrogens (tertiary/aromatic N) is 2. The molecule has 0 aliphatic carbocycles. The molecular formula is C18H26ClN3. The van der Waals surface area contributed by atoms with Gasteiger partial charge in [0.15, 0.2) is 0 Å². The van der Waals surface area contributed by atoms with Crippen molar-refractivity contribution >= 4 is 23.0 Å². The minimum atomic E-state index is 0.746. The molecule has 1 heterocycles. The molecule has 0 bridgehead atoms. The first-order chi connectivity index (χ1) is 10.6. The maximum absolute atomic E-state index is 6.18. The molecule has 4 heteroatoms. The topological polar surface area (TPSA) is 27.6 Å². The van der Waals surface area contributed by atoms with Gasteiger partial charge in [0, 0.05) is 35.9 Å². The third kappa shape index (κ3) is 5.06. The van der Waals surface area contributed by atoms with Crippen LogP contribution in [0.3, 0.4) is 0 Å². The fourth-order valence-electron chi connectivity index (χ4n) is 2.58. The molecule has 2 rings (SSSR count). The molecule has 0 unspecified atom stereocenters. The molecule has 0 radical (unpaired) electrons. The second-order valence-electron chi connectivity index (χ2n) is 6.05. The summed E-state index contributed by atoms with van der Waals surface area (Å²) in [5.41, 5.74) is 4.49. The summed E-state index contributed by atoms with van der Waals surface area (Å²) in [4.78, 5) is 0. The highest BCUT2D eigenvalue weighted by Crippen LogP contribution is 2.22. The Morgan fingerprint density at radius 2 is 1.95 bits per heavy atom. The van der Waals surface area contributed by atoms with E-state index in [0.717, 1.165) is 41.6 Å². The summed E-state index contributed by atoms with van der Waals surface area (Å²) in [7, 11) is 0. The lowest BCUT2D eigenvalue weighted by Crippen LogP contribution is -2.26. The number of hydrogen-bond donors (Lipinski definition) is 1. The highest BCUT2D eigenvalue weighted by atomic mass is 35.5. The van der Waals surface area contributed by atoms with Crippen LogP contribution in [0, 0.1) is 0 Å². The van der Waals surface area contributed by atoms with Gasteiger partial charge in [-0.15, -0.1) is 0 Å². The number of piperidine rings is 1. The number of anilines is 1. The van der Waals surface area contributed by atoms with E-state index in [1.807, 2.05) is 18.2 Å². The van der Waals surface area contributed by atoms with Crippen molar-refractivity contribution in [2.75, 3.05) is 25.0 Å². The van der Waals surface area contributed by atoms with Crippen molar-refractivity contribution in [1.82, 2.24) is 5.01 Å². The van der Waals surface area contributed by atoms with Crippen LogP contribution in [0.5, 0.6) is 0 Å². The lowest BCUT2D eigenvalue weighted by atomic mass is 10.1. The van der Waals surface area contributed by atoms with Crippen molar-refractivity contribution < 1.29 is 0 Å². The smallest absolute Gasteiger partial charge is 0.0667 e. The summed E-state index contributed by atoms with van der Waals surface area (Å²) < 4.78 is 0. The van der Waals surface area contributed by atoms with Gasteiger partial charge in [-0.05, 0) is 58.2 Å². The zero-order valence-corrected chi connectivity index (χ0v) is 14.6. The Labute approximate surface area is 139 Å². The van der Waals surface area contributed by atoms with E-state index in [1.54, 1.807) is 0 Å². The van der Waals surface area contributed by atoms with Crippen molar-refractivity contribution in [3.05, 3.63) is 40.4 Å². The van der Waals surface area contributed by atoms with Crippen LogP contribution >= 0.6 is 11.6 Å². The first-order valence-electron chi connectivity index (χ1n) is 8.03. The summed E-state index contributed by atoms with van der Waals surface area (Å²) in [5, 5.41) is 11.2. The quantitative estimate of drug-likeness (QED) is 0.615. The van der Waals surface area contributed by atoms with Crippen LogP contribution in [-0.4, -0.2) is 30.4 Å². The van der Waals surface area contributed by atoms with Crippen LogP contribution in [0.4, 0.5) is 5.69 Å².